The molecule has 0 radical (unpaired) electrons. The zero-order valence-corrected chi connectivity index (χ0v) is 15.7. The lowest BCUT2D eigenvalue weighted by Crippen LogP contribution is -2.35. The summed E-state index contributed by atoms with van der Waals surface area (Å²) in [7, 11) is 0. The quantitative estimate of drug-likeness (QED) is 0.748. The summed E-state index contributed by atoms with van der Waals surface area (Å²) in [6.45, 7) is 1.39. The zero-order chi connectivity index (χ0) is 19.3. The van der Waals surface area contributed by atoms with Crippen LogP contribution in [0, 0.1) is 5.41 Å². The summed E-state index contributed by atoms with van der Waals surface area (Å²) in [6, 6.07) is 7.43. The molecule has 1 heterocycles. The van der Waals surface area contributed by atoms with Gasteiger partial charge in [0.2, 0.25) is 11.8 Å². The van der Waals surface area contributed by atoms with Crippen molar-refractivity contribution in [2.75, 3.05) is 11.9 Å². The average Bonchev–Trinajstić information content (AvgIpc) is 2.89. The maximum atomic E-state index is 12.5. The minimum Gasteiger partial charge on any atom is -0.481 e. The lowest BCUT2D eigenvalue weighted by Gasteiger charge is -2.27. The average molecular weight is 372 g/mol. The molecule has 0 aromatic heterocycles. The molecular weight excluding hydrogens is 344 g/mol. The maximum Gasteiger partial charge on any atom is 0.310 e. The predicted octanol–water partition coefficient (Wildman–Crippen LogP) is 3.56. The number of aliphatic carboxylic acids is 1. The Morgan fingerprint density at radius 1 is 1.04 bits per heavy atom. The molecule has 1 aliphatic heterocycles. The second kappa shape index (κ2) is 8.55. The summed E-state index contributed by atoms with van der Waals surface area (Å²) in [5, 5.41) is 12.5. The summed E-state index contributed by atoms with van der Waals surface area (Å²) < 4.78 is 0. The van der Waals surface area contributed by atoms with Crippen molar-refractivity contribution in [2.45, 2.75) is 64.3 Å². The molecule has 1 aromatic rings. The molecule has 27 heavy (non-hydrogen) atoms. The molecule has 2 fully saturated rings. The lowest BCUT2D eigenvalue weighted by atomic mass is 9.77. The van der Waals surface area contributed by atoms with Gasteiger partial charge in [-0.2, -0.15) is 0 Å². The Balaban J connectivity index is 1.58. The first-order valence-corrected chi connectivity index (χ1v) is 9.88. The second-order valence-corrected chi connectivity index (χ2v) is 7.84. The summed E-state index contributed by atoms with van der Waals surface area (Å²) >= 11 is 0. The van der Waals surface area contributed by atoms with Crippen LogP contribution < -0.4 is 5.32 Å². The molecule has 0 atom stereocenters. The highest BCUT2D eigenvalue weighted by atomic mass is 16.4. The van der Waals surface area contributed by atoms with Crippen molar-refractivity contribution in [2.24, 2.45) is 5.41 Å². The molecule has 1 saturated carbocycles. The van der Waals surface area contributed by atoms with Gasteiger partial charge >= 0.3 is 5.97 Å². The number of benzene rings is 1. The minimum atomic E-state index is -0.934. The minimum absolute atomic E-state index is 0.0202. The van der Waals surface area contributed by atoms with E-state index in [0.29, 0.717) is 31.5 Å². The summed E-state index contributed by atoms with van der Waals surface area (Å²) in [5.41, 5.74) is 0.746. The molecule has 0 bridgehead atoms. The Labute approximate surface area is 159 Å². The molecule has 0 spiro atoms. The van der Waals surface area contributed by atoms with Crippen LogP contribution in [-0.4, -0.2) is 34.3 Å². The molecule has 2 aliphatic rings. The van der Waals surface area contributed by atoms with Crippen molar-refractivity contribution >= 4 is 23.5 Å². The van der Waals surface area contributed by atoms with Crippen LogP contribution in [0.25, 0.3) is 0 Å². The van der Waals surface area contributed by atoms with E-state index in [0.717, 1.165) is 44.2 Å². The topological polar surface area (TPSA) is 86.7 Å². The number of likely N-dealkylation sites (tertiary alicyclic amines) is 1. The predicted molar refractivity (Wildman–Crippen MR) is 102 cm³/mol. The number of carboxylic acids is 1. The monoisotopic (exact) mass is 372 g/mol. The summed E-state index contributed by atoms with van der Waals surface area (Å²) in [5.74, 6) is -0.915. The number of amides is 2. The molecule has 1 aliphatic carbocycles. The summed E-state index contributed by atoms with van der Waals surface area (Å²) in [4.78, 5) is 37.9. The molecule has 146 valence electrons. The van der Waals surface area contributed by atoms with Gasteiger partial charge in [-0.25, -0.2) is 0 Å². The molecule has 0 unspecified atom stereocenters. The fourth-order valence-electron chi connectivity index (χ4n) is 4.17. The number of hydrogen-bond donors (Lipinski definition) is 2. The Morgan fingerprint density at radius 2 is 1.70 bits per heavy atom. The van der Waals surface area contributed by atoms with Crippen molar-refractivity contribution < 1.29 is 19.5 Å². The fourth-order valence-corrected chi connectivity index (χ4v) is 4.17. The largest absolute Gasteiger partial charge is 0.481 e. The molecule has 2 N–H and O–H groups in total. The number of nitrogens with zero attached hydrogens (tertiary/aromatic N) is 1. The molecule has 6 nitrogen and oxygen atoms in total. The van der Waals surface area contributed by atoms with Crippen molar-refractivity contribution in [1.29, 1.82) is 0 Å². The van der Waals surface area contributed by atoms with Crippen LogP contribution >= 0.6 is 0 Å². The van der Waals surface area contributed by atoms with Crippen LogP contribution in [0.15, 0.2) is 24.3 Å². The van der Waals surface area contributed by atoms with Gasteiger partial charge in [-0.3, -0.25) is 14.4 Å². The summed E-state index contributed by atoms with van der Waals surface area (Å²) in [6.07, 6.45) is 6.50. The van der Waals surface area contributed by atoms with Crippen molar-refractivity contribution in [1.82, 2.24) is 4.90 Å². The number of nitrogens with one attached hydrogen (secondary N) is 1. The van der Waals surface area contributed by atoms with Gasteiger partial charge < -0.3 is 15.3 Å². The Morgan fingerprint density at radius 3 is 2.26 bits per heavy atom. The van der Waals surface area contributed by atoms with Crippen LogP contribution in [0.4, 0.5) is 5.69 Å². The normalized spacial score (nSPS) is 19.6. The fraction of sp³-hybridized carbons (Fsp3) is 0.571. The first-order chi connectivity index (χ1) is 13.0. The number of hydrogen-bond acceptors (Lipinski definition) is 3. The maximum absolute atomic E-state index is 12.5. The van der Waals surface area contributed by atoms with E-state index in [2.05, 4.69) is 5.32 Å². The molecule has 6 heteroatoms. The Hall–Kier alpha value is -2.37. The van der Waals surface area contributed by atoms with Gasteiger partial charge in [0.1, 0.15) is 0 Å². The van der Waals surface area contributed by atoms with E-state index < -0.39 is 11.4 Å². The Kier molecular flexibility index (Phi) is 6.14. The third-order valence-electron chi connectivity index (χ3n) is 5.80. The number of rotatable bonds is 6. The van der Waals surface area contributed by atoms with Crippen molar-refractivity contribution in [3.63, 3.8) is 0 Å². The molecular formula is C21H28N2O4. The number of anilines is 1. The van der Waals surface area contributed by atoms with Crippen molar-refractivity contribution in [3.05, 3.63) is 29.8 Å². The van der Waals surface area contributed by atoms with E-state index in [1.165, 1.54) is 0 Å². The van der Waals surface area contributed by atoms with Crippen LogP contribution in [-0.2, 0) is 20.9 Å². The lowest BCUT2D eigenvalue weighted by molar-refractivity contribution is -0.152. The highest BCUT2D eigenvalue weighted by molar-refractivity contribution is 5.94. The van der Waals surface area contributed by atoms with E-state index >= 15 is 0 Å². The smallest absolute Gasteiger partial charge is 0.310 e. The van der Waals surface area contributed by atoms with E-state index in [9.17, 15) is 19.5 Å². The number of carbonyl (C=O) groups excluding carboxylic acids is 2. The third kappa shape index (κ3) is 4.87. The second-order valence-electron chi connectivity index (χ2n) is 7.84. The van der Waals surface area contributed by atoms with Gasteiger partial charge in [0, 0.05) is 31.6 Å². The van der Waals surface area contributed by atoms with Crippen LogP contribution in [0.5, 0.6) is 0 Å². The van der Waals surface area contributed by atoms with E-state index in [-0.39, 0.29) is 18.2 Å². The first-order valence-electron chi connectivity index (χ1n) is 9.88. The van der Waals surface area contributed by atoms with Gasteiger partial charge in [0.25, 0.3) is 0 Å². The number of carbonyl (C=O) groups is 3. The molecule has 2 amide bonds. The van der Waals surface area contributed by atoms with Crippen LogP contribution in [0.3, 0.4) is 0 Å². The van der Waals surface area contributed by atoms with Gasteiger partial charge in [-0.05, 0) is 37.0 Å². The highest BCUT2D eigenvalue weighted by Gasteiger charge is 2.40. The molecule has 3 rings (SSSR count). The third-order valence-corrected chi connectivity index (χ3v) is 5.80. The standard InChI is InChI=1S/C21H28N2O4/c24-18(14-21(20(26)27)11-3-1-2-4-12-21)22-17-9-7-16(8-10-17)15-23-13-5-6-19(23)25/h7-10H,1-6,11-15H2,(H,22,24)(H,26,27). The Bertz CT molecular complexity index is 691. The SMILES string of the molecule is O=C(CC1(C(=O)O)CCCCCC1)Nc1ccc(CN2CCCC2=O)cc1. The van der Waals surface area contributed by atoms with E-state index in [4.69, 9.17) is 0 Å². The molecule has 1 aromatic carbocycles. The van der Waals surface area contributed by atoms with Gasteiger partial charge in [0.05, 0.1) is 5.41 Å². The van der Waals surface area contributed by atoms with Gasteiger partial charge in [-0.1, -0.05) is 37.8 Å². The first kappa shape index (κ1) is 19.4. The van der Waals surface area contributed by atoms with Gasteiger partial charge in [0.15, 0.2) is 0 Å². The van der Waals surface area contributed by atoms with E-state index in [1.54, 1.807) is 0 Å². The van der Waals surface area contributed by atoms with Gasteiger partial charge in [-0.15, -0.1) is 0 Å². The highest BCUT2D eigenvalue weighted by Crippen LogP contribution is 2.38. The molecule has 1 saturated heterocycles. The van der Waals surface area contributed by atoms with Crippen molar-refractivity contribution in [3.8, 4) is 0 Å². The zero-order valence-electron chi connectivity index (χ0n) is 15.7. The number of carboxylic acid groups (broad SMARTS) is 1. The van der Waals surface area contributed by atoms with Crippen LogP contribution in [0.2, 0.25) is 0 Å². The van der Waals surface area contributed by atoms with E-state index in [1.807, 2.05) is 29.2 Å². The van der Waals surface area contributed by atoms with Crippen LogP contribution in [0.1, 0.15) is 63.4 Å².